The maximum atomic E-state index is 0. The summed E-state index contributed by atoms with van der Waals surface area (Å²) in [4.78, 5) is 0. The molecule has 0 saturated heterocycles. The Morgan fingerprint density at radius 1 is 0.600 bits per heavy atom. The summed E-state index contributed by atoms with van der Waals surface area (Å²) < 4.78 is 0. The van der Waals surface area contributed by atoms with Crippen LogP contribution in [0.3, 0.4) is 0 Å². The van der Waals surface area contributed by atoms with Crippen molar-refractivity contribution < 1.29 is 40.4 Å². The third kappa shape index (κ3) is 188. The van der Waals surface area contributed by atoms with Crippen LogP contribution in [0.25, 0.3) is 0 Å². The van der Waals surface area contributed by atoms with Crippen molar-refractivity contribution in [3.05, 3.63) is 0 Å². The van der Waals surface area contributed by atoms with Gasteiger partial charge in [-0.3, -0.25) is 0 Å². The summed E-state index contributed by atoms with van der Waals surface area (Å²) >= 11 is 0. The summed E-state index contributed by atoms with van der Waals surface area (Å²) in [5.41, 5.74) is 0. The van der Waals surface area contributed by atoms with Crippen LogP contribution in [0, 0.1) is 0 Å². The molecular weight excluding hydrogens is 120 g/mol. The van der Waals surface area contributed by atoms with Gasteiger partial charge in [-0.2, -0.15) is 0 Å². The molecule has 0 atom stereocenters. The first-order valence-electron chi connectivity index (χ1n) is 0. The fraction of sp³-hybridized carbons (Fsp3) is 0. The molecule has 0 saturated carbocycles. The average Bonchev–Trinajstić information content (AvgIpc) is 0. The summed E-state index contributed by atoms with van der Waals surface area (Å²) in [6, 6.07) is 0. The fourth-order valence-electron chi connectivity index (χ4n) is 0. The third-order valence-corrected chi connectivity index (χ3v) is 0. The Bertz CT molecular complexity index is 7.51. The molecule has 0 bridgehead atoms. The molecule has 42 valence electrons. The van der Waals surface area contributed by atoms with Crippen molar-refractivity contribution >= 4 is 0 Å². The van der Waals surface area contributed by atoms with E-state index in [2.05, 4.69) is 0 Å². The van der Waals surface area contributed by atoms with E-state index < -0.39 is 0 Å². The van der Waals surface area contributed by atoms with Crippen LogP contribution in [0.5, 0.6) is 0 Å². The third-order valence-electron chi connectivity index (χ3n) is 0. The Kier molecular flexibility index (Phi) is 60000. The normalized spacial score (nSPS) is 0. The molecule has 0 unspecified atom stereocenters. The van der Waals surface area contributed by atoms with Gasteiger partial charge in [0.15, 0.2) is 0 Å². The quantitative estimate of drug-likeness (QED) is 0.305. The van der Waals surface area contributed by atoms with Crippen molar-refractivity contribution in [2.75, 3.05) is 0 Å². The summed E-state index contributed by atoms with van der Waals surface area (Å²) in [5, 5.41) is 0. The number of hydrogen-bond donors (Lipinski definition) is 0. The molecule has 0 aromatic carbocycles. The van der Waals surface area contributed by atoms with E-state index in [1.165, 1.54) is 0 Å². The molecule has 0 heterocycles. The maximum absolute atomic E-state index is 0. The smallest absolute Gasteiger partial charge is 0 e. The summed E-state index contributed by atoms with van der Waals surface area (Å²) in [5.74, 6) is 0. The monoisotopic (exact) mass is 129 g/mol. The van der Waals surface area contributed by atoms with Crippen LogP contribution in [0.2, 0.25) is 0 Å². The molecule has 0 aromatic heterocycles. The maximum Gasteiger partial charge on any atom is 0 e. The summed E-state index contributed by atoms with van der Waals surface area (Å²) in [7, 11) is 0. The van der Waals surface area contributed by atoms with Gasteiger partial charge >= 0.3 is 0 Å². The molecule has 0 rings (SSSR count). The molecule has 0 spiro atoms. The zero-order valence-electron chi connectivity index (χ0n) is 3.35. The van der Waals surface area contributed by atoms with Crippen molar-refractivity contribution in [2.24, 2.45) is 0 Å². The number of hydrogen-bond acceptors (Lipinski definition) is 0. The van der Waals surface area contributed by atoms with E-state index in [9.17, 15) is 0 Å². The largest absolute Gasteiger partial charge is 1.00 e. The van der Waals surface area contributed by atoms with Crippen molar-refractivity contribution in [3.8, 4) is 0 Å². The molecule has 0 aliphatic carbocycles. The van der Waals surface area contributed by atoms with Crippen LogP contribution in [0.1, 0.15) is 1.43 Å². The van der Waals surface area contributed by atoms with E-state index >= 15 is 0 Å². The molecule has 5 heavy (non-hydrogen) atoms. The molecule has 0 aromatic rings. The second kappa shape index (κ2) is 381. The molecule has 0 fully saturated rings. The van der Waals surface area contributed by atoms with Gasteiger partial charge in [0.25, 0.3) is 0 Å². The predicted molar refractivity (Wildman–Crippen MR) is 15.6 cm³/mol. The Labute approximate surface area is 41.4 Å². The van der Waals surface area contributed by atoms with Crippen LogP contribution >= 0.6 is 0 Å². The minimum atomic E-state index is 0. The fourth-order valence-corrected chi connectivity index (χ4v) is 0. The van der Waals surface area contributed by atoms with Gasteiger partial charge in [0.1, 0.15) is 0 Å². The SMILES string of the molecule is O.O.O.O.[Fe].[H-]. The van der Waals surface area contributed by atoms with E-state index in [0.717, 1.165) is 0 Å². The Morgan fingerprint density at radius 2 is 0.600 bits per heavy atom. The van der Waals surface area contributed by atoms with Gasteiger partial charge in [0.2, 0.25) is 0 Å². The molecular formula is H9FeO4-. The minimum absolute atomic E-state index is 0. The van der Waals surface area contributed by atoms with E-state index in [4.69, 9.17) is 0 Å². The van der Waals surface area contributed by atoms with Gasteiger partial charge < -0.3 is 23.3 Å². The molecule has 4 nitrogen and oxygen atoms in total. The Balaban J connectivity index is 0. The summed E-state index contributed by atoms with van der Waals surface area (Å²) in [6.45, 7) is 0. The molecule has 0 aliphatic heterocycles. The van der Waals surface area contributed by atoms with Crippen molar-refractivity contribution in [1.29, 1.82) is 0 Å². The number of rotatable bonds is 0. The predicted octanol–water partition coefficient (Wildman–Crippen LogP) is -3.19. The first-order chi connectivity index (χ1) is 0. The topological polar surface area (TPSA) is 126 Å². The molecule has 8 N–H and O–H groups in total. The average molecular weight is 129 g/mol. The Morgan fingerprint density at radius 3 is 0.600 bits per heavy atom. The van der Waals surface area contributed by atoms with Gasteiger partial charge in [-0.25, -0.2) is 0 Å². The van der Waals surface area contributed by atoms with E-state index in [1.807, 2.05) is 0 Å². The van der Waals surface area contributed by atoms with Gasteiger partial charge in [0, 0.05) is 17.1 Å². The van der Waals surface area contributed by atoms with E-state index in [0.29, 0.717) is 0 Å². The van der Waals surface area contributed by atoms with Crippen molar-refractivity contribution in [1.82, 2.24) is 0 Å². The molecule has 5 heteroatoms. The zero-order valence-corrected chi connectivity index (χ0v) is 3.46. The van der Waals surface area contributed by atoms with Crippen LogP contribution in [0.4, 0.5) is 0 Å². The standard InChI is InChI=1S/Fe.4H2O.H/h;4*1H2;/q;;;;;-1. The van der Waals surface area contributed by atoms with Gasteiger partial charge in [0.05, 0.1) is 0 Å². The Hall–Kier alpha value is 0.359. The van der Waals surface area contributed by atoms with Gasteiger partial charge in [-0.15, -0.1) is 0 Å². The van der Waals surface area contributed by atoms with Gasteiger partial charge in [-0.1, -0.05) is 0 Å². The first-order valence-corrected chi connectivity index (χ1v) is 0. The van der Waals surface area contributed by atoms with Gasteiger partial charge in [-0.05, 0) is 0 Å². The van der Waals surface area contributed by atoms with Crippen LogP contribution < -0.4 is 0 Å². The van der Waals surface area contributed by atoms with Crippen LogP contribution in [-0.2, 0) is 17.1 Å². The van der Waals surface area contributed by atoms with Crippen molar-refractivity contribution in [2.45, 2.75) is 0 Å². The van der Waals surface area contributed by atoms with E-state index in [-0.39, 0.29) is 40.4 Å². The first kappa shape index (κ1) is 788. The minimum Gasteiger partial charge on any atom is -1.00 e. The molecule has 0 aliphatic rings. The van der Waals surface area contributed by atoms with Crippen molar-refractivity contribution in [3.63, 3.8) is 0 Å². The van der Waals surface area contributed by atoms with Crippen LogP contribution in [-0.4, -0.2) is 21.9 Å². The second-order valence-corrected chi connectivity index (χ2v) is 0. The zero-order chi connectivity index (χ0) is 0. The van der Waals surface area contributed by atoms with Crippen LogP contribution in [0.15, 0.2) is 0 Å². The molecule has 0 radical (unpaired) electrons. The summed E-state index contributed by atoms with van der Waals surface area (Å²) in [6.07, 6.45) is 0. The second-order valence-electron chi connectivity index (χ2n) is 0. The van der Waals surface area contributed by atoms with E-state index in [1.54, 1.807) is 0 Å². The molecule has 0 amide bonds.